The summed E-state index contributed by atoms with van der Waals surface area (Å²) in [5, 5.41) is 0. The van der Waals surface area contributed by atoms with E-state index in [1.54, 1.807) is 0 Å². The molecule has 1 atom stereocenters. The fourth-order valence-corrected chi connectivity index (χ4v) is 1.74. The van der Waals surface area contributed by atoms with E-state index in [4.69, 9.17) is 0 Å². The molecular formula is C9H19N. The number of nitrogens with zero attached hydrogens (tertiary/aromatic N) is 1. The van der Waals surface area contributed by atoms with Crippen LogP contribution in [-0.4, -0.2) is 24.0 Å². The topological polar surface area (TPSA) is 3.24 Å². The summed E-state index contributed by atoms with van der Waals surface area (Å²) in [6, 6.07) is 0.949. The van der Waals surface area contributed by atoms with Crippen LogP contribution in [0.15, 0.2) is 0 Å². The highest BCUT2D eigenvalue weighted by Crippen LogP contribution is 2.21. The molecule has 0 amide bonds. The minimum absolute atomic E-state index is 0.949. The van der Waals surface area contributed by atoms with Crippen molar-refractivity contribution in [3.8, 4) is 0 Å². The van der Waals surface area contributed by atoms with Gasteiger partial charge in [0.25, 0.3) is 0 Å². The van der Waals surface area contributed by atoms with Gasteiger partial charge in [-0.05, 0) is 32.4 Å². The van der Waals surface area contributed by atoms with Gasteiger partial charge in [0.2, 0.25) is 0 Å². The van der Waals surface area contributed by atoms with Crippen LogP contribution in [-0.2, 0) is 0 Å². The van der Waals surface area contributed by atoms with Crippen LogP contribution in [0.25, 0.3) is 0 Å². The summed E-state index contributed by atoms with van der Waals surface area (Å²) in [5.74, 6) is 0. The van der Waals surface area contributed by atoms with E-state index in [2.05, 4.69) is 18.7 Å². The minimum Gasteiger partial charge on any atom is -0.300 e. The predicted molar refractivity (Wildman–Crippen MR) is 45.2 cm³/mol. The number of hydrogen-bond acceptors (Lipinski definition) is 1. The smallest absolute Gasteiger partial charge is 0.0107 e. The normalized spacial score (nSPS) is 26.4. The monoisotopic (exact) mass is 141 g/mol. The van der Waals surface area contributed by atoms with Gasteiger partial charge in [-0.2, -0.15) is 0 Å². The summed E-state index contributed by atoms with van der Waals surface area (Å²) < 4.78 is 0. The second kappa shape index (κ2) is 3.97. The third kappa shape index (κ3) is 1.72. The van der Waals surface area contributed by atoms with Crippen LogP contribution in [0.4, 0.5) is 0 Å². The Morgan fingerprint density at radius 3 is 2.50 bits per heavy atom. The van der Waals surface area contributed by atoms with Crippen molar-refractivity contribution >= 4 is 0 Å². The van der Waals surface area contributed by atoms with Crippen molar-refractivity contribution in [3.63, 3.8) is 0 Å². The fourth-order valence-electron chi connectivity index (χ4n) is 1.74. The molecule has 0 bridgehead atoms. The Labute approximate surface area is 64.4 Å². The molecule has 1 aliphatic heterocycles. The molecule has 10 heavy (non-hydrogen) atoms. The zero-order valence-corrected chi connectivity index (χ0v) is 7.27. The van der Waals surface area contributed by atoms with Gasteiger partial charge in [-0.3, -0.25) is 0 Å². The zero-order chi connectivity index (χ0) is 7.40. The van der Waals surface area contributed by atoms with Crippen LogP contribution in [0.1, 0.15) is 39.5 Å². The Bertz CT molecular complexity index is 78.7. The van der Waals surface area contributed by atoms with Gasteiger partial charge >= 0.3 is 0 Å². The van der Waals surface area contributed by atoms with E-state index in [1.165, 1.54) is 38.8 Å². The standard InChI is InChI=1S/C9H19N/c1-3-5-9-6-8-10(9)7-4-2/h9H,3-8H2,1-2H3. The Balaban J connectivity index is 2.09. The molecule has 0 aromatic carbocycles. The summed E-state index contributed by atoms with van der Waals surface area (Å²) in [7, 11) is 0. The molecular weight excluding hydrogens is 122 g/mol. The molecule has 1 fully saturated rings. The predicted octanol–water partition coefficient (Wildman–Crippen LogP) is 2.27. The van der Waals surface area contributed by atoms with Crippen LogP contribution in [0.5, 0.6) is 0 Å². The molecule has 0 aromatic heterocycles. The third-order valence-corrected chi connectivity index (χ3v) is 2.40. The first-order valence-electron chi connectivity index (χ1n) is 4.62. The van der Waals surface area contributed by atoms with Gasteiger partial charge in [-0.25, -0.2) is 0 Å². The highest BCUT2D eigenvalue weighted by Gasteiger charge is 2.25. The molecule has 0 aliphatic carbocycles. The molecule has 1 aliphatic rings. The van der Waals surface area contributed by atoms with Crippen LogP contribution in [0, 0.1) is 0 Å². The van der Waals surface area contributed by atoms with Gasteiger partial charge in [-0.1, -0.05) is 20.3 Å². The Hall–Kier alpha value is -0.0400. The lowest BCUT2D eigenvalue weighted by molar-refractivity contribution is 0.0836. The maximum Gasteiger partial charge on any atom is 0.0107 e. The number of hydrogen-bond donors (Lipinski definition) is 0. The molecule has 1 nitrogen and oxygen atoms in total. The van der Waals surface area contributed by atoms with Crippen LogP contribution < -0.4 is 0 Å². The highest BCUT2D eigenvalue weighted by molar-refractivity contribution is 4.81. The van der Waals surface area contributed by atoms with Gasteiger partial charge in [0.15, 0.2) is 0 Å². The molecule has 1 unspecified atom stereocenters. The first-order valence-corrected chi connectivity index (χ1v) is 4.62. The number of rotatable bonds is 4. The Morgan fingerprint density at radius 2 is 2.10 bits per heavy atom. The van der Waals surface area contributed by atoms with Crippen LogP contribution in [0.3, 0.4) is 0 Å². The molecule has 1 heteroatoms. The third-order valence-electron chi connectivity index (χ3n) is 2.40. The van der Waals surface area contributed by atoms with Gasteiger partial charge in [-0.15, -0.1) is 0 Å². The molecule has 0 radical (unpaired) electrons. The van der Waals surface area contributed by atoms with Crippen molar-refractivity contribution < 1.29 is 0 Å². The van der Waals surface area contributed by atoms with Crippen LogP contribution in [0.2, 0.25) is 0 Å². The first-order chi connectivity index (χ1) is 4.88. The van der Waals surface area contributed by atoms with E-state index in [9.17, 15) is 0 Å². The molecule has 0 saturated carbocycles. The second-order valence-corrected chi connectivity index (χ2v) is 3.27. The van der Waals surface area contributed by atoms with Gasteiger partial charge < -0.3 is 4.90 Å². The summed E-state index contributed by atoms with van der Waals surface area (Å²) in [6.07, 6.45) is 5.54. The Morgan fingerprint density at radius 1 is 1.30 bits per heavy atom. The maximum absolute atomic E-state index is 2.61. The van der Waals surface area contributed by atoms with Crippen molar-refractivity contribution in [3.05, 3.63) is 0 Å². The molecule has 0 N–H and O–H groups in total. The minimum atomic E-state index is 0.949. The molecule has 0 aromatic rings. The maximum atomic E-state index is 2.61. The van der Waals surface area contributed by atoms with Crippen molar-refractivity contribution in [2.75, 3.05) is 13.1 Å². The average Bonchev–Trinajstić information content (AvgIpc) is 1.93. The van der Waals surface area contributed by atoms with Crippen molar-refractivity contribution in [1.82, 2.24) is 4.90 Å². The molecule has 0 spiro atoms. The van der Waals surface area contributed by atoms with Gasteiger partial charge in [0.05, 0.1) is 0 Å². The lowest BCUT2D eigenvalue weighted by atomic mass is 9.98. The molecule has 60 valence electrons. The van der Waals surface area contributed by atoms with Crippen molar-refractivity contribution in [2.45, 2.75) is 45.6 Å². The summed E-state index contributed by atoms with van der Waals surface area (Å²) >= 11 is 0. The molecule has 1 heterocycles. The van der Waals surface area contributed by atoms with E-state index in [0.29, 0.717) is 0 Å². The zero-order valence-electron chi connectivity index (χ0n) is 7.27. The SMILES string of the molecule is CCCC1CCN1CCC. The van der Waals surface area contributed by atoms with E-state index in [-0.39, 0.29) is 0 Å². The molecule has 1 rings (SSSR count). The second-order valence-electron chi connectivity index (χ2n) is 3.27. The van der Waals surface area contributed by atoms with E-state index < -0.39 is 0 Å². The Kier molecular flexibility index (Phi) is 3.20. The van der Waals surface area contributed by atoms with E-state index >= 15 is 0 Å². The largest absolute Gasteiger partial charge is 0.300 e. The van der Waals surface area contributed by atoms with Crippen molar-refractivity contribution in [1.29, 1.82) is 0 Å². The van der Waals surface area contributed by atoms with Gasteiger partial charge in [0, 0.05) is 6.04 Å². The summed E-state index contributed by atoms with van der Waals surface area (Å²) in [6.45, 7) is 7.23. The van der Waals surface area contributed by atoms with Crippen molar-refractivity contribution in [2.24, 2.45) is 0 Å². The van der Waals surface area contributed by atoms with Gasteiger partial charge in [0.1, 0.15) is 0 Å². The first kappa shape index (κ1) is 8.06. The molecule has 1 saturated heterocycles. The van der Waals surface area contributed by atoms with E-state index in [0.717, 1.165) is 6.04 Å². The van der Waals surface area contributed by atoms with Crippen LogP contribution >= 0.6 is 0 Å². The average molecular weight is 141 g/mol. The lowest BCUT2D eigenvalue weighted by Crippen LogP contribution is -2.47. The summed E-state index contributed by atoms with van der Waals surface area (Å²) in [5.41, 5.74) is 0. The summed E-state index contributed by atoms with van der Waals surface area (Å²) in [4.78, 5) is 2.61. The van der Waals surface area contributed by atoms with E-state index in [1.807, 2.05) is 0 Å². The fraction of sp³-hybridized carbons (Fsp3) is 1.00. The number of likely N-dealkylation sites (tertiary alicyclic amines) is 1. The lowest BCUT2D eigenvalue weighted by Gasteiger charge is -2.41. The highest BCUT2D eigenvalue weighted by atomic mass is 15.2. The quantitative estimate of drug-likeness (QED) is 0.580.